The summed E-state index contributed by atoms with van der Waals surface area (Å²) in [6.07, 6.45) is 35.3. The van der Waals surface area contributed by atoms with Gasteiger partial charge in [-0.05, 0) is 107 Å². The number of halogens is 4. The van der Waals surface area contributed by atoms with Gasteiger partial charge in [0.2, 0.25) is 5.78 Å². The predicted molar refractivity (Wildman–Crippen MR) is 393 cm³/mol. The number of hydrogen-bond acceptors (Lipinski definition) is 13. The number of rotatable bonds is 40. The minimum absolute atomic E-state index is 0.00234. The largest absolute Gasteiger partial charge is 0.481 e. The van der Waals surface area contributed by atoms with E-state index in [0.717, 1.165) is 148 Å². The van der Waals surface area contributed by atoms with Crippen LogP contribution in [0.4, 0.5) is 17.6 Å². The fourth-order valence-electron chi connectivity index (χ4n) is 14.6. The van der Waals surface area contributed by atoms with E-state index in [0.29, 0.717) is 67.9 Å². The molecule has 17 heteroatoms. The van der Waals surface area contributed by atoms with Crippen molar-refractivity contribution < 1.29 is 31.8 Å². The molecule has 0 amide bonds. The van der Waals surface area contributed by atoms with Crippen LogP contribution in [0.5, 0.6) is 11.5 Å². The molecule has 0 saturated heterocycles. The number of thiophene rings is 4. The first kappa shape index (κ1) is 72.6. The molecule has 7 nitrogen and oxygen atoms in total. The summed E-state index contributed by atoms with van der Waals surface area (Å²) in [6, 6.07) is 7.87. The molecule has 0 bridgehead atoms. The number of carbonyl (C=O) groups excluding carboxylic acids is 1. The molecule has 0 spiro atoms. The van der Waals surface area contributed by atoms with E-state index >= 15 is 22.4 Å². The molecule has 10 rings (SSSR count). The fourth-order valence-corrected chi connectivity index (χ4v) is 20.6. The zero-order valence-corrected chi connectivity index (χ0v) is 62.6. The van der Waals surface area contributed by atoms with Crippen LogP contribution in [0.25, 0.3) is 62.5 Å². The summed E-state index contributed by atoms with van der Waals surface area (Å²) >= 11 is 7.38. The quantitative estimate of drug-likeness (QED) is 0.0215. The van der Waals surface area contributed by atoms with Gasteiger partial charge in [-0.15, -0.1) is 45.3 Å². The van der Waals surface area contributed by atoms with E-state index in [1.165, 1.54) is 145 Å². The van der Waals surface area contributed by atoms with E-state index in [2.05, 4.69) is 81.5 Å². The molecule has 0 N–H and O–H groups in total. The highest BCUT2D eigenvalue weighted by atomic mass is 32.1. The molecule has 2 aliphatic rings. The maximum atomic E-state index is 17.9. The number of carbonyl (C=O) groups is 1. The summed E-state index contributed by atoms with van der Waals surface area (Å²) in [4.78, 5) is 21.2. The fraction of sp³-hybridized carbons (Fsp3) is 0.623. The van der Waals surface area contributed by atoms with Crippen LogP contribution in [-0.4, -0.2) is 23.3 Å². The molecule has 94 heavy (non-hydrogen) atoms. The lowest BCUT2D eigenvalue weighted by Crippen LogP contribution is -2.36. The minimum Gasteiger partial charge on any atom is -0.481 e. The number of aryl methyl sites for hydroxylation is 2. The smallest absolute Gasteiger partial charge is 0.208 e. The van der Waals surface area contributed by atoms with Gasteiger partial charge in [0, 0.05) is 37.4 Å². The highest BCUT2D eigenvalue weighted by Gasteiger charge is 2.46. The molecule has 2 aromatic carbocycles. The van der Waals surface area contributed by atoms with E-state index in [1.54, 1.807) is 17.4 Å². The van der Waals surface area contributed by atoms with Crippen LogP contribution in [0.3, 0.4) is 0 Å². The highest BCUT2D eigenvalue weighted by molar-refractivity contribution is 7.25. The van der Waals surface area contributed by atoms with Crippen molar-refractivity contribution in [1.29, 1.82) is 0 Å². The molecule has 0 saturated carbocycles. The van der Waals surface area contributed by atoms with Gasteiger partial charge >= 0.3 is 0 Å². The molecular weight excluding hydrogens is 1300 g/mol. The topological polar surface area (TPSA) is 87.1 Å². The Labute approximate surface area is 582 Å². The van der Waals surface area contributed by atoms with E-state index in [4.69, 9.17) is 13.8 Å². The third-order valence-electron chi connectivity index (χ3n) is 20.3. The van der Waals surface area contributed by atoms with Crippen molar-refractivity contribution in [1.82, 2.24) is 17.5 Å². The first-order valence-corrected chi connectivity index (χ1v) is 40.8. The van der Waals surface area contributed by atoms with Crippen LogP contribution in [0.1, 0.15) is 298 Å². The second kappa shape index (κ2) is 33.6. The van der Waals surface area contributed by atoms with Gasteiger partial charge in [-0.1, -0.05) is 209 Å². The molecule has 2 unspecified atom stereocenters. The molecule has 2 atom stereocenters. The van der Waals surface area contributed by atoms with Crippen LogP contribution < -0.4 is 9.47 Å². The number of unbranched alkanes of at least 4 members (excludes halogenated alkanes) is 18. The third kappa shape index (κ3) is 16.6. The molecule has 0 aliphatic carbocycles. The number of aromatic nitrogens is 4. The number of ether oxygens (including phenoxy) is 2. The first-order valence-electron chi connectivity index (χ1n) is 36.1. The van der Waals surface area contributed by atoms with Gasteiger partial charge in [0.25, 0.3) is 0 Å². The van der Waals surface area contributed by atoms with Gasteiger partial charge in [0.05, 0.1) is 64.5 Å². The molecule has 8 aromatic rings. The lowest BCUT2D eigenvalue weighted by Gasteiger charge is -2.39. The van der Waals surface area contributed by atoms with E-state index in [9.17, 15) is 0 Å². The Kier molecular flexibility index (Phi) is 26.0. The van der Waals surface area contributed by atoms with Crippen LogP contribution in [0.2, 0.25) is 0 Å². The van der Waals surface area contributed by atoms with Gasteiger partial charge < -0.3 is 9.47 Å². The van der Waals surface area contributed by atoms with Gasteiger partial charge in [-0.2, -0.15) is 17.5 Å². The van der Waals surface area contributed by atoms with E-state index in [-0.39, 0.29) is 32.6 Å². The minimum atomic E-state index is -1.27. The second-order valence-corrected chi connectivity index (χ2v) is 34.3. The van der Waals surface area contributed by atoms with Crippen LogP contribution in [0, 0.1) is 60.8 Å². The monoisotopic (exact) mass is 1400 g/mol. The van der Waals surface area contributed by atoms with Crippen LogP contribution in [-0.2, 0) is 11.2 Å². The summed E-state index contributed by atoms with van der Waals surface area (Å²) in [7, 11) is 0. The Morgan fingerprint density at radius 2 is 0.851 bits per heavy atom. The van der Waals surface area contributed by atoms with Crippen molar-refractivity contribution in [3.05, 3.63) is 79.5 Å². The zero-order chi connectivity index (χ0) is 66.7. The summed E-state index contributed by atoms with van der Waals surface area (Å²) in [5, 5.41) is 0. The average molecular weight is 1400 g/mol. The number of fused-ring (bicyclic) bond motifs is 8. The Bertz CT molecular complexity index is 3740. The van der Waals surface area contributed by atoms with Crippen molar-refractivity contribution >= 4 is 96.7 Å². The molecule has 2 aliphatic heterocycles. The lowest BCUT2D eigenvalue weighted by atomic mass is 9.78. The number of ketones is 1. The summed E-state index contributed by atoms with van der Waals surface area (Å²) in [5.41, 5.74) is 0.813. The summed E-state index contributed by atoms with van der Waals surface area (Å²) in [6.45, 7) is 22.0. The van der Waals surface area contributed by atoms with Crippen molar-refractivity contribution in [2.75, 3.05) is 0 Å². The van der Waals surface area contributed by atoms with Gasteiger partial charge in [0.1, 0.15) is 44.8 Å². The van der Waals surface area contributed by atoms with E-state index < -0.39 is 45.8 Å². The normalized spacial score (nSPS) is 15.7. The van der Waals surface area contributed by atoms with Crippen molar-refractivity contribution in [3.63, 3.8) is 0 Å². The van der Waals surface area contributed by atoms with Gasteiger partial charge in [0.15, 0.2) is 23.3 Å². The Morgan fingerprint density at radius 3 is 1.34 bits per heavy atom. The third-order valence-corrected chi connectivity index (χ3v) is 26.1. The first-order chi connectivity index (χ1) is 45.4. The summed E-state index contributed by atoms with van der Waals surface area (Å²) in [5.74, 6) is -1.49. The lowest BCUT2D eigenvalue weighted by molar-refractivity contribution is 0.0323. The number of hydrogen-bond donors (Lipinski definition) is 0. The average Bonchev–Trinajstić information content (AvgIpc) is 1.56. The molecular formula is C77H102F4N4O3S6. The molecule has 8 heterocycles. The van der Waals surface area contributed by atoms with Crippen molar-refractivity contribution in [2.45, 2.75) is 286 Å². The SMILES string of the molecule is CCCCCCCCCCCCC1(CCCCCCCCCCCC)Oc2cc(C(=O)c3c(F)c(F)c(-c4cc5c(s4)-c4sc(C)cc4OC5(CCC(C)CCCC(C)C)CCC(C)CCCC(C)C)c4nsnc34)sc2-c2sc(-c3c(F)c(F)c(C)c4nsnc34)cc21. The van der Waals surface area contributed by atoms with Crippen molar-refractivity contribution in [3.8, 4) is 51.9 Å². The van der Waals surface area contributed by atoms with Gasteiger partial charge in [-0.3, -0.25) is 4.79 Å². The van der Waals surface area contributed by atoms with E-state index in [1.807, 2.05) is 12.1 Å². The Balaban J connectivity index is 1.01. The molecule has 0 radical (unpaired) electrons. The maximum Gasteiger partial charge on any atom is 0.208 e. The summed E-state index contributed by atoms with van der Waals surface area (Å²) < 4.78 is 101. The standard InChI is InChI=1S/C77H102F4N4O3S6/c1-11-13-15-17-19-21-23-25-27-29-39-76(40-30-28-26-24-22-20-18-16-14-12-2)53-44-57(60-64(79)63(78)52(10)67-68(60)83-93-82-67)91-73(53)75-56(88-76)46-59(92-75)71(86)62-66(81)65(80)61(69-70(62)85-94-84-69)58-45-54-72(90-58)74-55(43-51(9)89-74)87-77(54,41-37-49(7)35-31-33-47(3)4)42-38-50(8)36-32-34-48(5)6/h43-50H,11-42H2,1-10H3. The number of benzene rings is 2. The van der Waals surface area contributed by atoms with Gasteiger partial charge in [-0.25, -0.2) is 17.6 Å². The van der Waals surface area contributed by atoms with Crippen LogP contribution >= 0.6 is 68.8 Å². The van der Waals surface area contributed by atoms with Crippen molar-refractivity contribution in [2.24, 2.45) is 23.7 Å². The zero-order valence-electron chi connectivity index (χ0n) is 57.7. The van der Waals surface area contributed by atoms with Crippen LogP contribution in [0.15, 0.2) is 24.3 Å². The molecule has 512 valence electrons. The highest BCUT2D eigenvalue weighted by Crippen LogP contribution is 2.60. The Hall–Kier alpha value is -4.13. The predicted octanol–water partition coefficient (Wildman–Crippen LogP) is 27.3. The maximum absolute atomic E-state index is 17.9. The second-order valence-electron chi connectivity index (χ2n) is 28.8. The number of nitrogens with zero attached hydrogens (tertiary/aromatic N) is 4. The molecule has 6 aromatic heterocycles. The Morgan fingerprint density at radius 1 is 0.436 bits per heavy atom. The molecule has 0 fully saturated rings.